The Morgan fingerprint density at radius 3 is 2.64 bits per heavy atom. The van der Waals surface area contributed by atoms with Crippen LogP contribution in [-0.2, 0) is 9.53 Å². The number of aliphatic hydroxyl groups excluding tert-OH is 1. The smallest absolute Gasteiger partial charge is 0.334 e. The number of esters is 1. The Morgan fingerprint density at radius 1 is 1.73 bits per heavy atom. The van der Waals surface area contributed by atoms with Gasteiger partial charge in [0.1, 0.15) is 12.2 Å². The van der Waals surface area contributed by atoms with Crippen molar-refractivity contribution in [1.29, 1.82) is 0 Å². The molecule has 0 aliphatic carbocycles. The zero-order chi connectivity index (χ0) is 8.85. The highest BCUT2D eigenvalue weighted by atomic mass is 16.6. The summed E-state index contributed by atoms with van der Waals surface area (Å²) in [5.74, 6) is 1.72. The Bertz CT molecular complexity index is 167. The highest BCUT2D eigenvalue weighted by molar-refractivity contribution is 5.73. The minimum absolute atomic E-state index is 0.318. The summed E-state index contributed by atoms with van der Waals surface area (Å²) in [4.78, 5) is 10.7. The van der Waals surface area contributed by atoms with E-state index in [1.807, 2.05) is 0 Å². The molecule has 0 aromatic heterocycles. The summed E-state index contributed by atoms with van der Waals surface area (Å²) in [6.07, 6.45) is 3.96. The first kappa shape index (κ1) is 9.99. The second-order valence-corrected chi connectivity index (χ2v) is 2.33. The third-order valence-electron chi connectivity index (χ3n) is 1.06. The highest BCUT2D eigenvalue weighted by Gasteiger charge is 2.13. The van der Waals surface area contributed by atoms with Gasteiger partial charge < -0.3 is 9.84 Å². The fourth-order valence-electron chi connectivity index (χ4n) is 0.504. The van der Waals surface area contributed by atoms with Crippen molar-refractivity contribution in [3.05, 3.63) is 0 Å². The monoisotopic (exact) mass is 156 g/mol. The van der Waals surface area contributed by atoms with Gasteiger partial charge in [0.05, 0.1) is 0 Å². The lowest BCUT2D eigenvalue weighted by molar-refractivity contribution is -0.156. The molecule has 0 spiro atoms. The number of terminal acetylenes is 1. The first-order chi connectivity index (χ1) is 5.07. The maximum absolute atomic E-state index is 10.7. The van der Waals surface area contributed by atoms with E-state index in [2.05, 4.69) is 5.92 Å². The molecule has 0 radical (unpaired) electrons. The predicted octanol–water partition coefficient (Wildman–Crippen LogP) is 0.322. The molecule has 0 amide bonds. The van der Waals surface area contributed by atoms with Crippen LogP contribution in [-0.4, -0.2) is 23.3 Å². The molecule has 0 aromatic carbocycles. The zero-order valence-electron chi connectivity index (χ0n) is 6.70. The van der Waals surface area contributed by atoms with Crippen LogP contribution >= 0.6 is 0 Å². The van der Waals surface area contributed by atoms with Crippen molar-refractivity contribution in [2.75, 3.05) is 0 Å². The van der Waals surface area contributed by atoms with E-state index in [-0.39, 0.29) is 6.10 Å². The molecular weight excluding hydrogens is 144 g/mol. The first-order valence-corrected chi connectivity index (χ1v) is 3.40. The van der Waals surface area contributed by atoms with Gasteiger partial charge in [-0.05, 0) is 13.8 Å². The van der Waals surface area contributed by atoms with Crippen LogP contribution in [0.5, 0.6) is 0 Å². The SMILES string of the molecule is C#CCC(C)OC(=O)[C@H](C)O. The van der Waals surface area contributed by atoms with E-state index >= 15 is 0 Å². The van der Waals surface area contributed by atoms with Gasteiger partial charge in [-0.3, -0.25) is 0 Å². The molecule has 1 N–H and O–H groups in total. The molecule has 62 valence electrons. The van der Waals surface area contributed by atoms with Gasteiger partial charge in [0.15, 0.2) is 0 Å². The average Bonchev–Trinajstić information content (AvgIpc) is 1.87. The number of carbonyl (C=O) groups excluding carboxylic acids is 1. The van der Waals surface area contributed by atoms with E-state index in [0.717, 1.165) is 0 Å². The van der Waals surface area contributed by atoms with Crippen molar-refractivity contribution in [1.82, 2.24) is 0 Å². The maximum Gasteiger partial charge on any atom is 0.334 e. The molecule has 0 saturated carbocycles. The summed E-state index contributed by atoms with van der Waals surface area (Å²) in [5, 5.41) is 8.71. The second-order valence-electron chi connectivity index (χ2n) is 2.33. The standard InChI is InChI=1S/C8H12O3/c1-4-5-6(2)11-8(10)7(3)9/h1,6-7,9H,5H2,2-3H3/t6?,7-/m0/s1. The highest BCUT2D eigenvalue weighted by Crippen LogP contribution is 1.98. The first-order valence-electron chi connectivity index (χ1n) is 3.40. The van der Waals surface area contributed by atoms with Gasteiger partial charge in [-0.15, -0.1) is 12.3 Å². The minimum Gasteiger partial charge on any atom is -0.460 e. The van der Waals surface area contributed by atoms with Crippen molar-refractivity contribution in [2.45, 2.75) is 32.5 Å². The number of hydrogen-bond donors (Lipinski definition) is 1. The zero-order valence-corrected chi connectivity index (χ0v) is 6.70. The molecular formula is C8H12O3. The van der Waals surface area contributed by atoms with E-state index < -0.39 is 12.1 Å². The van der Waals surface area contributed by atoms with E-state index in [1.165, 1.54) is 6.92 Å². The Balaban J connectivity index is 3.68. The van der Waals surface area contributed by atoms with Gasteiger partial charge in [0.25, 0.3) is 0 Å². The van der Waals surface area contributed by atoms with Crippen LogP contribution in [0.25, 0.3) is 0 Å². The number of carbonyl (C=O) groups is 1. The molecule has 0 fully saturated rings. The van der Waals surface area contributed by atoms with Gasteiger partial charge >= 0.3 is 5.97 Å². The van der Waals surface area contributed by atoms with Crippen LogP contribution in [0.1, 0.15) is 20.3 Å². The summed E-state index contributed by atoms with van der Waals surface area (Å²) in [6.45, 7) is 3.03. The van der Waals surface area contributed by atoms with Crippen LogP contribution in [0.3, 0.4) is 0 Å². The Hall–Kier alpha value is -1.01. The van der Waals surface area contributed by atoms with Gasteiger partial charge in [-0.1, -0.05) is 0 Å². The van der Waals surface area contributed by atoms with Crippen LogP contribution in [0.15, 0.2) is 0 Å². The van der Waals surface area contributed by atoms with Crippen LogP contribution < -0.4 is 0 Å². The van der Waals surface area contributed by atoms with Gasteiger partial charge in [0.2, 0.25) is 0 Å². The molecule has 1 unspecified atom stereocenters. The molecule has 0 aromatic rings. The molecule has 2 atom stereocenters. The molecule has 11 heavy (non-hydrogen) atoms. The summed E-state index contributed by atoms with van der Waals surface area (Å²) < 4.78 is 4.72. The topological polar surface area (TPSA) is 46.5 Å². The normalized spacial score (nSPS) is 14.7. The van der Waals surface area contributed by atoms with Crippen molar-refractivity contribution < 1.29 is 14.6 Å². The van der Waals surface area contributed by atoms with Gasteiger partial charge in [0, 0.05) is 6.42 Å². The molecule has 0 rings (SSSR count). The summed E-state index contributed by atoms with van der Waals surface area (Å²) in [5.41, 5.74) is 0. The van der Waals surface area contributed by atoms with E-state index in [9.17, 15) is 4.79 Å². The Labute approximate surface area is 66.4 Å². The third kappa shape index (κ3) is 4.40. The average molecular weight is 156 g/mol. The minimum atomic E-state index is -1.07. The van der Waals surface area contributed by atoms with Crippen molar-refractivity contribution in [3.63, 3.8) is 0 Å². The summed E-state index contributed by atoms with van der Waals surface area (Å²) >= 11 is 0. The maximum atomic E-state index is 10.7. The number of hydrogen-bond acceptors (Lipinski definition) is 3. The molecule has 0 bridgehead atoms. The molecule has 3 heteroatoms. The van der Waals surface area contributed by atoms with Crippen molar-refractivity contribution >= 4 is 5.97 Å². The molecule has 0 saturated heterocycles. The summed E-state index contributed by atoms with van der Waals surface area (Å²) in [6, 6.07) is 0. The molecule has 3 nitrogen and oxygen atoms in total. The fourth-order valence-corrected chi connectivity index (χ4v) is 0.504. The third-order valence-corrected chi connectivity index (χ3v) is 1.06. The van der Waals surface area contributed by atoms with Crippen molar-refractivity contribution in [3.8, 4) is 12.3 Å². The summed E-state index contributed by atoms with van der Waals surface area (Å²) in [7, 11) is 0. The van der Waals surface area contributed by atoms with Gasteiger partial charge in [-0.2, -0.15) is 0 Å². The largest absolute Gasteiger partial charge is 0.460 e. The lowest BCUT2D eigenvalue weighted by Crippen LogP contribution is -2.23. The van der Waals surface area contributed by atoms with Crippen molar-refractivity contribution in [2.24, 2.45) is 0 Å². The molecule has 0 heterocycles. The van der Waals surface area contributed by atoms with E-state index in [1.54, 1.807) is 6.92 Å². The lowest BCUT2D eigenvalue weighted by atomic mass is 10.3. The van der Waals surface area contributed by atoms with Crippen LogP contribution in [0, 0.1) is 12.3 Å². The Kier molecular flexibility index (Phi) is 4.32. The fraction of sp³-hybridized carbons (Fsp3) is 0.625. The Morgan fingerprint density at radius 2 is 2.27 bits per heavy atom. The predicted molar refractivity (Wildman–Crippen MR) is 40.7 cm³/mol. The van der Waals surface area contributed by atoms with Crippen LogP contribution in [0.2, 0.25) is 0 Å². The van der Waals surface area contributed by atoms with Crippen LogP contribution in [0.4, 0.5) is 0 Å². The quantitative estimate of drug-likeness (QED) is 0.473. The van der Waals surface area contributed by atoms with E-state index in [0.29, 0.717) is 6.42 Å². The number of ether oxygens (including phenoxy) is 1. The van der Waals surface area contributed by atoms with E-state index in [4.69, 9.17) is 16.3 Å². The lowest BCUT2D eigenvalue weighted by Gasteiger charge is -2.11. The molecule has 0 aliphatic rings. The number of aliphatic hydroxyl groups is 1. The second kappa shape index (κ2) is 4.75. The number of rotatable bonds is 3. The molecule has 0 aliphatic heterocycles. The van der Waals surface area contributed by atoms with Gasteiger partial charge in [-0.25, -0.2) is 4.79 Å².